The van der Waals surface area contributed by atoms with Crippen molar-refractivity contribution in [2.45, 2.75) is 45.1 Å². The van der Waals surface area contributed by atoms with E-state index >= 15 is 0 Å². The Morgan fingerprint density at radius 2 is 2.05 bits per heavy atom. The maximum atomic E-state index is 4.94. The molecule has 1 aliphatic heterocycles. The number of hydrogen-bond acceptors (Lipinski definition) is 3. The van der Waals surface area contributed by atoms with Gasteiger partial charge in [-0.3, -0.25) is 4.98 Å². The molecule has 21 heavy (non-hydrogen) atoms. The van der Waals surface area contributed by atoms with E-state index < -0.39 is 0 Å². The van der Waals surface area contributed by atoms with Crippen LogP contribution in [0.3, 0.4) is 0 Å². The van der Waals surface area contributed by atoms with E-state index in [1.165, 1.54) is 11.3 Å². The molecule has 1 unspecified atom stereocenters. The van der Waals surface area contributed by atoms with E-state index in [1.807, 2.05) is 12.4 Å². The number of nitrogens with one attached hydrogen (secondary N) is 1. The van der Waals surface area contributed by atoms with Gasteiger partial charge < -0.3 is 5.32 Å². The van der Waals surface area contributed by atoms with Gasteiger partial charge in [0.1, 0.15) is 5.82 Å². The average molecular weight is 349 g/mol. The Labute approximate surface area is 134 Å². The highest BCUT2D eigenvalue weighted by atomic mass is 79.9. The van der Waals surface area contributed by atoms with Crippen LogP contribution < -0.4 is 5.32 Å². The Balaban J connectivity index is 2.04. The molecule has 0 saturated heterocycles. The summed E-state index contributed by atoms with van der Waals surface area (Å²) in [5, 5.41) is 8.43. The topological polar surface area (TPSA) is 42.7 Å². The molecule has 1 aliphatic rings. The molecule has 0 saturated carbocycles. The molecule has 0 fully saturated rings. The highest BCUT2D eigenvalue weighted by molar-refractivity contribution is 9.10. The molecule has 1 N–H and O–H groups in total. The van der Waals surface area contributed by atoms with Gasteiger partial charge in [0.2, 0.25) is 0 Å². The summed E-state index contributed by atoms with van der Waals surface area (Å²) in [7, 11) is 0. The summed E-state index contributed by atoms with van der Waals surface area (Å²) in [6.45, 7) is 5.43. The largest absolute Gasteiger partial charge is 0.369 e. The second kappa shape index (κ2) is 6.18. The first-order valence-electron chi connectivity index (χ1n) is 7.67. The van der Waals surface area contributed by atoms with Gasteiger partial charge in [-0.1, -0.05) is 13.8 Å². The van der Waals surface area contributed by atoms with Gasteiger partial charge in [-0.25, -0.2) is 4.68 Å². The second-order valence-corrected chi connectivity index (χ2v) is 6.31. The van der Waals surface area contributed by atoms with Gasteiger partial charge in [-0.05, 0) is 52.9 Å². The fourth-order valence-electron chi connectivity index (χ4n) is 3.10. The number of rotatable bonds is 4. The Morgan fingerprint density at radius 3 is 2.71 bits per heavy atom. The van der Waals surface area contributed by atoms with E-state index in [1.54, 1.807) is 0 Å². The highest BCUT2D eigenvalue weighted by Crippen LogP contribution is 2.39. The molecule has 1 atom stereocenters. The molecule has 3 rings (SSSR count). The van der Waals surface area contributed by atoms with Crippen LogP contribution in [0.15, 0.2) is 29.0 Å². The standard InChI is InChI=1S/C16H21BrN4/c1-3-11(4-2)15-14(17)16-19-10-7-13(21(16)20-15)12-5-8-18-9-6-12/h5-6,8-9,11,13,19H,3-4,7,10H2,1-2H3. The Hall–Kier alpha value is -1.36. The maximum absolute atomic E-state index is 4.94. The minimum Gasteiger partial charge on any atom is -0.369 e. The van der Waals surface area contributed by atoms with E-state index in [2.05, 4.69) is 56.9 Å². The van der Waals surface area contributed by atoms with Crippen LogP contribution in [0.25, 0.3) is 0 Å². The van der Waals surface area contributed by atoms with Crippen molar-refractivity contribution in [2.24, 2.45) is 0 Å². The lowest BCUT2D eigenvalue weighted by molar-refractivity contribution is 0.470. The zero-order valence-electron chi connectivity index (χ0n) is 12.5. The van der Waals surface area contributed by atoms with Gasteiger partial charge in [-0.15, -0.1) is 0 Å². The minimum atomic E-state index is 0.295. The molecule has 0 radical (unpaired) electrons. The molecule has 2 aromatic rings. The van der Waals surface area contributed by atoms with Gasteiger partial charge in [0, 0.05) is 24.9 Å². The fourth-order valence-corrected chi connectivity index (χ4v) is 3.82. The maximum Gasteiger partial charge on any atom is 0.139 e. The SMILES string of the molecule is CCC(CC)c1nn2c(c1Br)NCCC2c1ccncc1. The number of halogens is 1. The van der Waals surface area contributed by atoms with Crippen LogP contribution in [0.1, 0.15) is 56.3 Å². The van der Waals surface area contributed by atoms with Crippen molar-refractivity contribution in [2.75, 3.05) is 11.9 Å². The summed E-state index contributed by atoms with van der Waals surface area (Å²) in [5.74, 6) is 1.63. The van der Waals surface area contributed by atoms with Crippen molar-refractivity contribution < 1.29 is 0 Å². The third-order valence-electron chi connectivity index (χ3n) is 4.35. The Kier molecular flexibility index (Phi) is 4.29. The van der Waals surface area contributed by atoms with Crippen LogP contribution in [0.4, 0.5) is 5.82 Å². The molecule has 0 bridgehead atoms. The molecule has 4 nitrogen and oxygen atoms in total. The normalized spacial score (nSPS) is 17.6. The van der Waals surface area contributed by atoms with Crippen LogP contribution in [-0.4, -0.2) is 21.3 Å². The predicted molar refractivity (Wildman–Crippen MR) is 88.7 cm³/mol. The van der Waals surface area contributed by atoms with Gasteiger partial charge in [-0.2, -0.15) is 5.10 Å². The van der Waals surface area contributed by atoms with E-state index in [0.29, 0.717) is 12.0 Å². The third kappa shape index (κ3) is 2.59. The first kappa shape index (κ1) is 14.6. The zero-order valence-corrected chi connectivity index (χ0v) is 14.1. The molecule has 3 heterocycles. The number of nitrogens with zero attached hydrogens (tertiary/aromatic N) is 3. The first-order valence-corrected chi connectivity index (χ1v) is 8.47. The van der Waals surface area contributed by atoms with E-state index in [9.17, 15) is 0 Å². The van der Waals surface area contributed by atoms with E-state index in [4.69, 9.17) is 5.10 Å². The van der Waals surface area contributed by atoms with Crippen LogP contribution in [0, 0.1) is 0 Å². The fraction of sp³-hybridized carbons (Fsp3) is 0.500. The average Bonchev–Trinajstić information content (AvgIpc) is 2.87. The Morgan fingerprint density at radius 1 is 1.33 bits per heavy atom. The quantitative estimate of drug-likeness (QED) is 0.892. The number of pyridine rings is 1. The van der Waals surface area contributed by atoms with E-state index in [-0.39, 0.29) is 0 Å². The summed E-state index contributed by atoms with van der Waals surface area (Å²) < 4.78 is 3.28. The predicted octanol–water partition coefficient (Wildman–Crippen LogP) is 4.35. The van der Waals surface area contributed by atoms with Crippen LogP contribution >= 0.6 is 15.9 Å². The molecular formula is C16H21BrN4. The molecule has 0 aromatic carbocycles. The van der Waals surface area contributed by atoms with Gasteiger partial charge in [0.25, 0.3) is 0 Å². The molecule has 112 valence electrons. The van der Waals surface area contributed by atoms with Crippen molar-refractivity contribution in [3.05, 3.63) is 40.3 Å². The summed E-state index contributed by atoms with van der Waals surface area (Å²) in [6.07, 6.45) is 7.00. The lowest BCUT2D eigenvalue weighted by Gasteiger charge is -2.26. The summed E-state index contributed by atoms with van der Waals surface area (Å²) >= 11 is 3.76. The lowest BCUT2D eigenvalue weighted by atomic mass is 10.00. The van der Waals surface area contributed by atoms with Crippen LogP contribution in [0.2, 0.25) is 0 Å². The minimum absolute atomic E-state index is 0.295. The second-order valence-electron chi connectivity index (χ2n) is 5.52. The zero-order chi connectivity index (χ0) is 14.8. The smallest absolute Gasteiger partial charge is 0.139 e. The molecular weight excluding hydrogens is 328 g/mol. The van der Waals surface area contributed by atoms with E-state index in [0.717, 1.165) is 36.1 Å². The number of fused-ring (bicyclic) bond motifs is 1. The summed E-state index contributed by atoms with van der Waals surface area (Å²) in [4.78, 5) is 4.12. The van der Waals surface area contributed by atoms with Crippen molar-refractivity contribution in [1.82, 2.24) is 14.8 Å². The molecule has 0 aliphatic carbocycles. The summed E-state index contributed by atoms with van der Waals surface area (Å²) in [5.41, 5.74) is 2.46. The third-order valence-corrected chi connectivity index (χ3v) is 5.13. The van der Waals surface area contributed by atoms with Crippen LogP contribution in [0.5, 0.6) is 0 Å². The van der Waals surface area contributed by atoms with Gasteiger partial charge in [0.15, 0.2) is 0 Å². The van der Waals surface area contributed by atoms with Gasteiger partial charge >= 0.3 is 0 Å². The molecule has 5 heteroatoms. The van der Waals surface area contributed by atoms with Crippen LogP contribution in [-0.2, 0) is 0 Å². The monoisotopic (exact) mass is 348 g/mol. The van der Waals surface area contributed by atoms with Crippen molar-refractivity contribution in [3.63, 3.8) is 0 Å². The first-order chi connectivity index (χ1) is 10.3. The lowest BCUT2D eigenvalue weighted by Crippen LogP contribution is -2.24. The van der Waals surface area contributed by atoms with Crippen molar-refractivity contribution >= 4 is 21.7 Å². The van der Waals surface area contributed by atoms with Crippen molar-refractivity contribution in [1.29, 1.82) is 0 Å². The molecule has 0 amide bonds. The number of aromatic nitrogens is 3. The molecule has 0 spiro atoms. The Bertz CT molecular complexity index is 604. The molecule has 2 aromatic heterocycles. The van der Waals surface area contributed by atoms with Crippen molar-refractivity contribution in [3.8, 4) is 0 Å². The summed E-state index contributed by atoms with van der Waals surface area (Å²) in [6, 6.07) is 4.47. The highest BCUT2D eigenvalue weighted by Gasteiger charge is 2.28. The van der Waals surface area contributed by atoms with Gasteiger partial charge in [0.05, 0.1) is 16.2 Å². The number of hydrogen-bond donors (Lipinski definition) is 1. The number of anilines is 1.